The molecule has 2 aromatic rings. The zero-order chi connectivity index (χ0) is 20.2. The molecule has 1 fully saturated rings. The van der Waals surface area contributed by atoms with E-state index in [0.717, 1.165) is 29.5 Å². The lowest BCUT2D eigenvalue weighted by Gasteiger charge is -2.53. The van der Waals surface area contributed by atoms with Crippen molar-refractivity contribution in [3.63, 3.8) is 0 Å². The molecule has 1 saturated carbocycles. The largest absolute Gasteiger partial charge is 0.391 e. The molecule has 0 bridgehead atoms. The van der Waals surface area contributed by atoms with Crippen LogP contribution in [-0.4, -0.2) is 17.4 Å². The van der Waals surface area contributed by atoms with Crippen LogP contribution in [0.1, 0.15) is 55.7 Å². The highest BCUT2D eigenvalue weighted by Gasteiger charge is 2.58. The molecule has 4 rings (SSSR count). The van der Waals surface area contributed by atoms with Crippen molar-refractivity contribution in [1.82, 2.24) is 0 Å². The average molecular weight is 426 g/mol. The van der Waals surface area contributed by atoms with Crippen LogP contribution in [0, 0.1) is 0 Å². The van der Waals surface area contributed by atoms with Gasteiger partial charge in [0, 0.05) is 26.6 Å². The summed E-state index contributed by atoms with van der Waals surface area (Å²) in [4.78, 5) is 4.87. The standard InChI is InChI=1S/C22H20Cl2F3N/c1-20-10-2-3-11-21(20,13-22(25,26)27)28-19(14-4-6-15(23)7-5-14)17-9-8-16(24)12-18(17)20/h4-9,12H,2-3,10-11,13H2,1H3/t20-,21+/m0/s1. The van der Waals surface area contributed by atoms with Gasteiger partial charge in [-0.05, 0) is 42.7 Å². The predicted molar refractivity (Wildman–Crippen MR) is 108 cm³/mol. The van der Waals surface area contributed by atoms with E-state index in [-0.39, 0.29) is 0 Å². The highest BCUT2D eigenvalue weighted by atomic mass is 35.5. The minimum Gasteiger partial charge on any atom is -0.276 e. The summed E-state index contributed by atoms with van der Waals surface area (Å²) in [5.74, 6) is 0. The van der Waals surface area contributed by atoms with Gasteiger partial charge in [-0.15, -0.1) is 0 Å². The van der Waals surface area contributed by atoms with Crippen LogP contribution < -0.4 is 0 Å². The summed E-state index contributed by atoms with van der Waals surface area (Å²) < 4.78 is 41.1. The summed E-state index contributed by atoms with van der Waals surface area (Å²) in [6.07, 6.45) is -2.55. The van der Waals surface area contributed by atoms with Gasteiger partial charge in [-0.1, -0.05) is 61.2 Å². The second kappa shape index (κ2) is 6.77. The summed E-state index contributed by atoms with van der Waals surface area (Å²) in [6, 6.07) is 12.6. The van der Waals surface area contributed by atoms with Gasteiger partial charge in [-0.2, -0.15) is 13.2 Å². The first-order chi connectivity index (χ1) is 13.1. The van der Waals surface area contributed by atoms with Crippen LogP contribution in [0.2, 0.25) is 10.0 Å². The molecule has 2 atom stereocenters. The number of halogens is 5. The lowest BCUT2D eigenvalue weighted by Crippen LogP contribution is -2.56. The fourth-order valence-corrected chi connectivity index (χ4v) is 5.20. The van der Waals surface area contributed by atoms with E-state index in [1.807, 2.05) is 31.2 Å². The van der Waals surface area contributed by atoms with Crippen molar-refractivity contribution in [3.05, 3.63) is 69.2 Å². The van der Waals surface area contributed by atoms with Gasteiger partial charge in [0.15, 0.2) is 0 Å². The van der Waals surface area contributed by atoms with Crippen LogP contribution in [0.25, 0.3) is 0 Å². The lowest BCUT2D eigenvalue weighted by atomic mass is 9.55. The van der Waals surface area contributed by atoms with Gasteiger partial charge >= 0.3 is 6.18 Å². The number of fused-ring (bicyclic) bond motifs is 3. The number of hydrogen-bond donors (Lipinski definition) is 0. The normalized spacial score (nSPS) is 27.0. The molecule has 28 heavy (non-hydrogen) atoms. The topological polar surface area (TPSA) is 12.4 Å². The maximum atomic E-state index is 13.7. The van der Waals surface area contributed by atoms with E-state index >= 15 is 0 Å². The Morgan fingerprint density at radius 1 is 0.964 bits per heavy atom. The van der Waals surface area contributed by atoms with Gasteiger partial charge in [-0.25, -0.2) is 0 Å². The Balaban J connectivity index is 2.00. The fourth-order valence-electron chi connectivity index (χ4n) is 4.91. The summed E-state index contributed by atoms with van der Waals surface area (Å²) in [6.45, 7) is 1.93. The molecule has 0 spiro atoms. The molecule has 0 amide bonds. The summed E-state index contributed by atoms with van der Waals surface area (Å²) >= 11 is 12.3. The molecule has 1 heterocycles. The first-order valence-corrected chi connectivity index (χ1v) is 10.1. The molecule has 2 aromatic carbocycles. The van der Waals surface area contributed by atoms with Gasteiger partial charge in [0.1, 0.15) is 0 Å². The second-order valence-corrected chi connectivity index (χ2v) is 8.89. The summed E-state index contributed by atoms with van der Waals surface area (Å²) in [5, 5.41) is 1.10. The number of rotatable bonds is 2. The molecule has 1 nitrogen and oxygen atoms in total. The molecule has 1 aliphatic carbocycles. The third kappa shape index (κ3) is 3.25. The molecule has 148 valence electrons. The molecule has 0 saturated heterocycles. The van der Waals surface area contributed by atoms with Crippen molar-refractivity contribution >= 4 is 28.9 Å². The minimum atomic E-state index is -4.30. The Labute approximate surface area is 172 Å². The molecule has 0 unspecified atom stereocenters. The third-order valence-corrected chi connectivity index (χ3v) is 6.80. The monoisotopic (exact) mass is 425 g/mol. The van der Waals surface area contributed by atoms with E-state index in [1.54, 1.807) is 18.2 Å². The average Bonchev–Trinajstić information content (AvgIpc) is 2.61. The third-order valence-electron chi connectivity index (χ3n) is 6.31. The highest BCUT2D eigenvalue weighted by Crippen LogP contribution is 2.56. The molecule has 6 heteroatoms. The molecular weight excluding hydrogens is 406 g/mol. The van der Waals surface area contributed by atoms with Gasteiger partial charge in [0.05, 0.1) is 17.7 Å². The Morgan fingerprint density at radius 3 is 2.29 bits per heavy atom. The maximum absolute atomic E-state index is 13.7. The van der Waals surface area contributed by atoms with Crippen molar-refractivity contribution in [2.24, 2.45) is 4.99 Å². The van der Waals surface area contributed by atoms with Crippen LogP contribution in [0.15, 0.2) is 47.5 Å². The van der Waals surface area contributed by atoms with E-state index in [9.17, 15) is 13.2 Å². The van der Waals surface area contributed by atoms with Crippen LogP contribution in [0.4, 0.5) is 13.2 Å². The van der Waals surface area contributed by atoms with Gasteiger partial charge in [-0.3, -0.25) is 4.99 Å². The van der Waals surface area contributed by atoms with Crippen molar-refractivity contribution in [1.29, 1.82) is 0 Å². The number of hydrogen-bond acceptors (Lipinski definition) is 1. The van der Waals surface area contributed by atoms with Crippen LogP contribution in [-0.2, 0) is 5.41 Å². The number of aliphatic imine (C=N–C) groups is 1. The highest BCUT2D eigenvalue weighted by molar-refractivity contribution is 6.31. The smallest absolute Gasteiger partial charge is 0.276 e. The Bertz CT molecular complexity index is 936. The Hall–Kier alpha value is -1.52. The summed E-state index contributed by atoms with van der Waals surface area (Å²) in [7, 11) is 0. The zero-order valence-electron chi connectivity index (χ0n) is 15.4. The van der Waals surface area contributed by atoms with E-state index in [1.165, 1.54) is 0 Å². The molecule has 0 aromatic heterocycles. The Kier molecular flexibility index (Phi) is 4.79. The molecular formula is C22H20Cl2F3N. The van der Waals surface area contributed by atoms with Crippen molar-refractivity contribution < 1.29 is 13.2 Å². The molecule has 2 aliphatic rings. The minimum absolute atomic E-state index is 0.409. The van der Waals surface area contributed by atoms with E-state index in [0.29, 0.717) is 28.6 Å². The van der Waals surface area contributed by atoms with E-state index in [2.05, 4.69) is 0 Å². The van der Waals surface area contributed by atoms with Crippen LogP contribution in [0.3, 0.4) is 0 Å². The maximum Gasteiger partial charge on any atom is 0.391 e. The number of alkyl halides is 3. The van der Waals surface area contributed by atoms with Gasteiger partial charge in [0.2, 0.25) is 0 Å². The SMILES string of the molecule is C[C@@]12CCCC[C@]1(CC(F)(F)F)N=C(c1ccc(Cl)cc1)c1ccc(Cl)cc12. The second-order valence-electron chi connectivity index (χ2n) is 8.02. The van der Waals surface area contributed by atoms with Gasteiger partial charge in [0.25, 0.3) is 0 Å². The lowest BCUT2D eigenvalue weighted by molar-refractivity contribution is -0.156. The molecule has 1 aliphatic heterocycles. The van der Waals surface area contributed by atoms with Crippen molar-refractivity contribution in [2.75, 3.05) is 0 Å². The van der Waals surface area contributed by atoms with E-state index in [4.69, 9.17) is 28.2 Å². The predicted octanol–water partition coefficient (Wildman–Crippen LogP) is 7.37. The van der Waals surface area contributed by atoms with Crippen molar-refractivity contribution in [3.8, 4) is 0 Å². The molecule has 0 N–H and O–H groups in total. The first kappa shape index (κ1) is 19.8. The quantitative estimate of drug-likeness (QED) is 0.476. The molecule has 0 radical (unpaired) electrons. The summed E-state index contributed by atoms with van der Waals surface area (Å²) in [5.41, 5.74) is 1.14. The van der Waals surface area contributed by atoms with Crippen molar-refractivity contribution in [2.45, 2.75) is 56.2 Å². The Morgan fingerprint density at radius 2 is 1.61 bits per heavy atom. The number of benzene rings is 2. The number of nitrogens with zero attached hydrogens (tertiary/aromatic N) is 1. The van der Waals surface area contributed by atoms with Crippen LogP contribution in [0.5, 0.6) is 0 Å². The van der Waals surface area contributed by atoms with E-state index < -0.39 is 23.6 Å². The van der Waals surface area contributed by atoms with Gasteiger partial charge < -0.3 is 0 Å². The van der Waals surface area contributed by atoms with Crippen LogP contribution >= 0.6 is 23.2 Å². The first-order valence-electron chi connectivity index (χ1n) is 9.37. The fraction of sp³-hybridized carbons (Fsp3) is 0.409. The zero-order valence-corrected chi connectivity index (χ0v) is 16.9.